The fraction of sp³-hybridized carbons (Fsp3) is 0. The van der Waals surface area contributed by atoms with Gasteiger partial charge in [0.1, 0.15) is 0 Å². The van der Waals surface area contributed by atoms with Crippen LogP contribution in [0.15, 0.2) is 128 Å². The Balaban J connectivity index is 1.46. The number of hydrogen-bond donors (Lipinski definition) is 0. The van der Waals surface area contributed by atoms with Crippen LogP contribution in [0, 0.1) is 0 Å². The third kappa shape index (κ3) is 2.97. The van der Waals surface area contributed by atoms with Gasteiger partial charge in [-0.25, -0.2) is 9.97 Å². The van der Waals surface area contributed by atoms with E-state index in [1.165, 1.54) is 64.6 Å². The molecule has 0 saturated heterocycles. The lowest BCUT2D eigenvalue weighted by molar-refractivity contribution is 1.17. The molecule has 9 aromatic rings. The zero-order chi connectivity index (χ0) is 26.2. The van der Waals surface area contributed by atoms with Crippen molar-refractivity contribution in [2.75, 3.05) is 0 Å². The molecule has 0 fully saturated rings. The Bertz CT molecular complexity index is 2400. The average Bonchev–Trinajstić information content (AvgIpc) is 3.03. The second-order valence-electron chi connectivity index (χ2n) is 10.5. The van der Waals surface area contributed by atoms with Crippen molar-refractivity contribution in [1.82, 2.24) is 15.0 Å². The summed E-state index contributed by atoms with van der Waals surface area (Å²) in [6, 6.07) is 39.4. The normalized spacial score (nSPS) is 12.0. The molecule has 9 rings (SSSR count). The molecule has 2 aromatic heterocycles. The highest BCUT2D eigenvalue weighted by atomic mass is 14.9. The van der Waals surface area contributed by atoms with Crippen LogP contribution in [0.5, 0.6) is 0 Å². The molecule has 0 aliphatic heterocycles. The Morgan fingerprint density at radius 1 is 0.375 bits per heavy atom. The van der Waals surface area contributed by atoms with Gasteiger partial charge in [-0.3, -0.25) is 4.98 Å². The van der Waals surface area contributed by atoms with E-state index in [4.69, 9.17) is 9.97 Å². The predicted octanol–water partition coefficient (Wildman–Crippen LogP) is 9.56. The lowest BCUT2D eigenvalue weighted by Crippen LogP contribution is -1.93. The summed E-state index contributed by atoms with van der Waals surface area (Å²) >= 11 is 0. The van der Waals surface area contributed by atoms with Crippen LogP contribution in [0.2, 0.25) is 0 Å². The Morgan fingerprint density at radius 3 is 1.50 bits per heavy atom. The Hall–Kier alpha value is -5.41. The Labute approximate surface area is 229 Å². The second-order valence-corrected chi connectivity index (χ2v) is 10.5. The van der Waals surface area contributed by atoms with E-state index in [-0.39, 0.29) is 0 Å². The van der Waals surface area contributed by atoms with Crippen LogP contribution < -0.4 is 0 Å². The minimum Gasteiger partial charge on any atom is -0.256 e. The molecule has 0 aliphatic carbocycles. The van der Waals surface area contributed by atoms with Crippen LogP contribution >= 0.6 is 0 Å². The van der Waals surface area contributed by atoms with Crippen molar-refractivity contribution in [3.63, 3.8) is 0 Å². The van der Waals surface area contributed by atoms with Crippen LogP contribution in [0.1, 0.15) is 0 Å². The number of fused-ring (bicyclic) bond motifs is 2. The zero-order valence-electron chi connectivity index (χ0n) is 21.5. The highest BCUT2D eigenvalue weighted by Gasteiger charge is 2.16. The topological polar surface area (TPSA) is 38.7 Å². The van der Waals surface area contributed by atoms with Crippen LogP contribution in [0.4, 0.5) is 0 Å². The van der Waals surface area contributed by atoms with Crippen molar-refractivity contribution >= 4 is 64.6 Å². The monoisotopic (exact) mass is 507 g/mol. The first kappa shape index (κ1) is 21.5. The number of hydrogen-bond acceptors (Lipinski definition) is 3. The van der Waals surface area contributed by atoms with E-state index in [0.29, 0.717) is 5.82 Å². The molecule has 0 spiro atoms. The van der Waals surface area contributed by atoms with Gasteiger partial charge >= 0.3 is 0 Å². The van der Waals surface area contributed by atoms with E-state index < -0.39 is 0 Å². The maximum atomic E-state index is 4.80. The fourth-order valence-corrected chi connectivity index (χ4v) is 6.56. The smallest absolute Gasteiger partial charge is 0.159 e. The Kier molecular flexibility index (Phi) is 4.33. The standard InChI is InChI=1S/C37H21N3/c1-2-17-38-32(12-1)27-20-39-37(40-21-27)26-18-25-16-15-24-7-4-10-29-28-9-3-6-22-13-14-23-8-5-11-30(35(23)33(22)28)31(19-26)36(25)34(24)29/h1-21H. The molecular formula is C37H21N3. The molecule has 0 unspecified atom stereocenters. The number of nitrogens with zero attached hydrogens (tertiary/aromatic N) is 3. The van der Waals surface area contributed by atoms with Gasteiger partial charge in [0.25, 0.3) is 0 Å². The van der Waals surface area contributed by atoms with Gasteiger partial charge < -0.3 is 0 Å². The van der Waals surface area contributed by atoms with Crippen molar-refractivity contribution in [1.29, 1.82) is 0 Å². The number of rotatable bonds is 2. The maximum Gasteiger partial charge on any atom is 0.159 e. The molecule has 0 saturated carbocycles. The minimum atomic E-state index is 0.707. The van der Waals surface area contributed by atoms with Crippen molar-refractivity contribution in [3.8, 4) is 22.6 Å². The molecule has 2 heterocycles. The van der Waals surface area contributed by atoms with Crippen LogP contribution in [0.3, 0.4) is 0 Å². The summed E-state index contributed by atoms with van der Waals surface area (Å²) in [6.45, 7) is 0. The lowest BCUT2D eigenvalue weighted by atomic mass is 9.87. The molecule has 0 atom stereocenters. The third-order valence-corrected chi connectivity index (χ3v) is 8.29. The van der Waals surface area contributed by atoms with Crippen molar-refractivity contribution in [2.45, 2.75) is 0 Å². The number of pyridine rings is 1. The largest absolute Gasteiger partial charge is 0.256 e. The summed E-state index contributed by atoms with van der Waals surface area (Å²) < 4.78 is 0. The van der Waals surface area contributed by atoms with Crippen LogP contribution in [-0.4, -0.2) is 15.0 Å². The molecule has 0 radical (unpaired) electrons. The molecule has 0 N–H and O–H groups in total. The van der Waals surface area contributed by atoms with Gasteiger partial charge in [0, 0.05) is 29.7 Å². The lowest BCUT2D eigenvalue weighted by Gasteiger charge is -2.16. The molecule has 40 heavy (non-hydrogen) atoms. The third-order valence-electron chi connectivity index (χ3n) is 8.29. The predicted molar refractivity (Wildman–Crippen MR) is 167 cm³/mol. The average molecular weight is 508 g/mol. The number of aromatic nitrogens is 3. The van der Waals surface area contributed by atoms with Crippen molar-refractivity contribution < 1.29 is 0 Å². The van der Waals surface area contributed by atoms with Crippen molar-refractivity contribution in [2.24, 2.45) is 0 Å². The maximum absolute atomic E-state index is 4.80. The summed E-state index contributed by atoms with van der Waals surface area (Å²) in [5, 5.41) is 15.2. The van der Waals surface area contributed by atoms with E-state index in [2.05, 4.69) is 96.0 Å². The van der Waals surface area contributed by atoms with Gasteiger partial charge in [-0.1, -0.05) is 84.9 Å². The van der Waals surface area contributed by atoms with Crippen molar-refractivity contribution in [3.05, 3.63) is 128 Å². The highest BCUT2D eigenvalue weighted by Crippen LogP contribution is 2.44. The fourth-order valence-electron chi connectivity index (χ4n) is 6.56. The first-order valence-electron chi connectivity index (χ1n) is 13.5. The summed E-state index contributed by atoms with van der Waals surface area (Å²) in [4.78, 5) is 14.1. The molecule has 184 valence electrons. The first-order chi connectivity index (χ1) is 19.8. The SMILES string of the molecule is c1ccc(-c2cnc(-c3cc4ccc5cccc6c7cccc8ccc9cccc(c(c3)c4c56)c9c87)nc2)nc1. The van der Waals surface area contributed by atoms with Gasteiger partial charge in [-0.05, 0) is 88.9 Å². The van der Waals surface area contributed by atoms with Gasteiger partial charge in [-0.2, -0.15) is 0 Å². The summed E-state index contributed by atoms with van der Waals surface area (Å²) in [7, 11) is 0. The second kappa shape index (κ2) is 8.05. The van der Waals surface area contributed by atoms with Gasteiger partial charge in [0.05, 0.1) is 5.69 Å². The van der Waals surface area contributed by atoms with Gasteiger partial charge in [0.15, 0.2) is 5.82 Å². The quantitative estimate of drug-likeness (QED) is 0.219. The van der Waals surface area contributed by atoms with Gasteiger partial charge in [-0.15, -0.1) is 0 Å². The van der Waals surface area contributed by atoms with E-state index in [9.17, 15) is 0 Å². The summed E-state index contributed by atoms with van der Waals surface area (Å²) in [5.74, 6) is 0.707. The molecular weight excluding hydrogens is 486 g/mol. The van der Waals surface area contributed by atoms with E-state index in [0.717, 1.165) is 16.8 Å². The van der Waals surface area contributed by atoms with Crippen LogP contribution in [0.25, 0.3) is 87.3 Å². The van der Waals surface area contributed by atoms with E-state index >= 15 is 0 Å². The van der Waals surface area contributed by atoms with E-state index in [1.807, 2.05) is 30.6 Å². The zero-order valence-corrected chi connectivity index (χ0v) is 21.5. The van der Waals surface area contributed by atoms with Gasteiger partial charge in [0.2, 0.25) is 0 Å². The van der Waals surface area contributed by atoms with E-state index in [1.54, 1.807) is 6.20 Å². The first-order valence-corrected chi connectivity index (χ1v) is 13.5. The highest BCUT2D eigenvalue weighted by molar-refractivity contribution is 6.37. The van der Waals surface area contributed by atoms with Crippen LogP contribution in [-0.2, 0) is 0 Å². The molecule has 3 nitrogen and oxygen atoms in total. The Morgan fingerprint density at radius 2 is 0.925 bits per heavy atom. The molecule has 0 aliphatic rings. The molecule has 0 amide bonds. The summed E-state index contributed by atoms with van der Waals surface area (Å²) in [6.07, 6.45) is 5.53. The summed E-state index contributed by atoms with van der Waals surface area (Å²) in [5.41, 5.74) is 2.78. The minimum absolute atomic E-state index is 0.707. The number of benzene rings is 6. The molecule has 7 aromatic carbocycles. The molecule has 0 bridgehead atoms. The molecule has 3 heteroatoms.